The molecule has 0 aromatic heterocycles. The molecule has 2 aromatic rings. The van der Waals surface area contributed by atoms with Crippen molar-refractivity contribution in [3.05, 3.63) is 52.5 Å². The molecule has 1 amide bonds. The molecular weight excluding hydrogens is 264 g/mol. The van der Waals surface area contributed by atoms with E-state index in [-0.39, 0.29) is 11.3 Å². The van der Waals surface area contributed by atoms with Gasteiger partial charge in [0.2, 0.25) is 0 Å². The number of nitrogen functional groups attached to an aromatic ring is 1. The van der Waals surface area contributed by atoms with Gasteiger partial charge in [-0.2, -0.15) is 0 Å². The average Bonchev–Trinajstić information content (AvgIpc) is 2.32. The van der Waals surface area contributed by atoms with Gasteiger partial charge in [0.25, 0.3) is 5.91 Å². The standard InChI is InChI=1S/C14H13ClN2O2/c1-8-6-10(16)3-5-12(8)17-14(19)11-4-2-9(15)7-13(11)18/h2-7,18H,16H2,1H3,(H,17,19). The van der Waals surface area contributed by atoms with Crippen molar-refractivity contribution in [3.63, 3.8) is 0 Å². The number of halogens is 1. The van der Waals surface area contributed by atoms with Gasteiger partial charge in [0.15, 0.2) is 0 Å². The molecule has 2 aromatic carbocycles. The summed E-state index contributed by atoms with van der Waals surface area (Å²) in [6, 6.07) is 9.52. The van der Waals surface area contributed by atoms with E-state index in [1.807, 2.05) is 6.92 Å². The number of nitrogens with one attached hydrogen (secondary N) is 1. The van der Waals surface area contributed by atoms with Gasteiger partial charge >= 0.3 is 0 Å². The van der Waals surface area contributed by atoms with Gasteiger partial charge in [0, 0.05) is 16.4 Å². The van der Waals surface area contributed by atoms with E-state index in [1.54, 1.807) is 24.3 Å². The quantitative estimate of drug-likeness (QED) is 0.737. The first-order chi connectivity index (χ1) is 8.97. The predicted octanol–water partition coefficient (Wildman–Crippen LogP) is 3.19. The molecular formula is C14H13ClN2O2. The number of carbonyl (C=O) groups is 1. The number of carbonyl (C=O) groups excluding carboxylic acids is 1. The molecule has 0 bridgehead atoms. The SMILES string of the molecule is Cc1cc(N)ccc1NC(=O)c1ccc(Cl)cc1O. The van der Waals surface area contributed by atoms with Crippen LogP contribution >= 0.6 is 11.6 Å². The number of amides is 1. The minimum Gasteiger partial charge on any atom is -0.507 e. The highest BCUT2D eigenvalue weighted by molar-refractivity contribution is 6.31. The third-order valence-electron chi connectivity index (χ3n) is 2.70. The first kappa shape index (κ1) is 13.2. The molecule has 4 nitrogen and oxygen atoms in total. The summed E-state index contributed by atoms with van der Waals surface area (Å²) in [5, 5.41) is 12.8. The van der Waals surface area contributed by atoms with Crippen molar-refractivity contribution in [1.82, 2.24) is 0 Å². The zero-order valence-corrected chi connectivity index (χ0v) is 11.0. The number of hydrogen-bond donors (Lipinski definition) is 3. The number of aromatic hydroxyl groups is 1. The second-order valence-corrected chi connectivity index (χ2v) is 4.63. The first-order valence-corrected chi connectivity index (χ1v) is 6.01. The van der Waals surface area contributed by atoms with Crippen LogP contribution in [0.1, 0.15) is 15.9 Å². The Morgan fingerprint density at radius 1 is 1.26 bits per heavy atom. The third-order valence-corrected chi connectivity index (χ3v) is 2.94. The summed E-state index contributed by atoms with van der Waals surface area (Å²) in [7, 11) is 0. The number of aryl methyl sites for hydroxylation is 1. The molecule has 0 heterocycles. The fourth-order valence-corrected chi connectivity index (χ4v) is 1.88. The lowest BCUT2D eigenvalue weighted by molar-refractivity contribution is 0.102. The Bertz CT molecular complexity index is 641. The second kappa shape index (κ2) is 5.20. The Hall–Kier alpha value is -2.20. The van der Waals surface area contributed by atoms with Crippen LogP contribution in [0.15, 0.2) is 36.4 Å². The first-order valence-electron chi connectivity index (χ1n) is 5.63. The maximum Gasteiger partial charge on any atom is 0.259 e. The van der Waals surface area contributed by atoms with E-state index in [0.717, 1.165) is 5.56 Å². The van der Waals surface area contributed by atoms with Gasteiger partial charge in [-0.1, -0.05) is 11.6 Å². The average molecular weight is 277 g/mol. The Morgan fingerprint density at radius 3 is 2.63 bits per heavy atom. The minimum atomic E-state index is -0.401. The van der Waals surface area contributed by atoms with Crippen LogP contribution in [0.25, 0.3) is 0 Å². The van der Waals surface area contributed by atoms with Gasteiger partial charge in [-0.15, -0.1) is 0 Å². The number of phenols is 1. The summed E-state index contributed by atoms with van der Waals surface area (Å²) >= 11 is 5.72. The highest BCUT2D eigenvalue weighted by Gasteiger charge is 2.12. The summed E-state index contributed by atoms with van der Waals surface area (Å²) in [5.41, 5.74) is 7.94. The maximum absolute atomic E-state index is 12.0. The van der Waals surface area contributed by atoms with Crippen molar-refractivity contribution in [3.8, 4) is 5.75 Å². The Kier molecular flexibility index (Phi) is 3.62. The molecule has 4 N–H and O–H groups in total. The molecule has 0 radical (unpaired) electrons. The van der Waals surface area contributed by atoms with E-state index < -0.39 is 5.91 Å². The lowest BCUT2D eigenvalue weighted by atomic mass is 10.1. The van der Waals surface area contributed by atoms with Crippen LogP contribution in [-0.4, -0.2) is 11.0 Å². The monoisotopic (exact) mass is 276 g/mol. The summed E-state index contributed by atoms with van der Waals surface area (Å²) in [6.45, 7) is 1.84. The molecule has 0 atom stereocenters. The zero-order valence-electron chi connectivity index (χ0n) is 10.3. The molecule has 5 heteroatoms. The van der Waals surface area contributed by atoms with E-state index in [0.29, 0.717) is 16.4 Å². The highest BCUT2D eigenvalue weighted by atomic mass is 35.5. The number of rotatable bonds is 2. The molecule has 0 fully saturated rings. The second-order valence-electron chi connectivity index (χ2n) is 4.19. The van der Waals surface area contributed by atoms with E-state index in [2.05, 4.69) is 5.32 Å². The number of phenolic OH excluding ortho intramolecular Hbond substituents is 1. The molecule has 0 unspecified atom stereocenters. The normalized spacial score (nSPS) is 10.2. The minimum absolute atomic E-state index is 0.155. The van der Waals surface area contributed by atoms with Crippen molar-refractivity contribution in [2.75, 3.05) is 11.1 Å². The van der Waals surface area contributed by atoms with Crippen molar-refractivity contribution in [1.29, 1.82) is 0 Å². The summed E-state index contributed by atoms with van der Waals surface area (Å²) in [5.74, 6) is -0.555. The molecule has 98 valence electrons. The summed E-state index contributed by atoms with van der Waals surface area (Å²) in [4.78, 5) is 12.0. The lowest BCUT2D eigenvalue weighted by Gasteiger charge is -2.10. The van der Waals surface area contributed by atoms with Gasteiger partial charge in [-0.05, 0) is 48.9 Å². The molecule has 0 spiro atoms. The van der Waals surface area contributed by atoms with E-state index in [9.17, 15) is 9.90 Å². The lowest BCUT2D eigenvalue weighted by Crippen LogP contribution is -2.13. The number of benzene rings is 2. The molecule has 0 saturated carbocycles. The van der Waals surface area contributed by atoms with E-state index >= 15 is 0 Å². The van der Waals surface area contributed by atoms with Crippen LogP contribution in [-0.2, 0) is 0 Å². The zero-order chi connectivity index (χ0) is 14.0. The van der Waals surface area contributed by atoms with Crippen molar-refractivity contribution in [2.45, 2.75) is 6.92 Å². The van der Waals surface area contributed by atoms with Crippen LogP contribution in [0, 0.1) is 6.92 Å². The molecule has 2 rings (SSSR count). The van der Waals surface area contributed by atoms with Crippen LogP contribution in [0.4, 0.5) is 11.4 Å². The molecule has 19 heavy (non-hydrogen) atoms. The van der Waals surface area contributed by atoms with Crippen molar-refractivity contribution >= 4 is 28.9 Å². The summed E-state index contributed by atoms with van der Waals surface area (Å²) in [6.07, 6.45) is 0. The van der Waals surface area contributed by atoms with Crippen LogP contribution in [0.5, 0.6) is 5.75 Å². The molecule has 0 saturated heterocycles. The van der Waals surface area contributed by atoms with Crippen molar-refractivity contribution < 1.29 is 9.90 Å². The Morgan fingerprint density at radius 2 is 2.00 bits per heavy atom. The topological polar surface area (TPSA) is 75.3 Å². The fraction of sp³-hybridized carbons (Fsp3) is 0.0714. The van der Waals surface area contributed by atoms with Crippen LogP contribution in [0.3, 0.4) is 0 Å². The predicted molar refractivity (Wildman–Crippen MR) is 76.7 cm³/mol. The number of nitrogens with two attached hydrogens (primary N) is 1. The van der Waals surface area contributed by atoms with Crippen LogP contribution < -0.4 is 11.1 Å². The maximum atomic E-state index is 12.0. The van der Waals surface area contributed by atoms with Gasteiger partial charge in [-0.3, -0.25) is 4.79 Å². The summed E-state index contributed by atoms with van der Waals surface area (Å²) < 4.78 is 0. The van der Waals surface area contributed by atoms with Gasteiger partial charge in [0.05, 0.1) is 5.56 Å². The van der Waals surface area contributed by atoms with Crippen LogP contribution in [0.2, 0.25) is 5.02 Å². The van der Waals surface area contributed by atoms with Gasteiger partial charge in [0.1, 0.15) is 5.75 Å². The third kappa shape index (κ3) is 2.98. The smallest absolute Gasteiger partial charge is 0.259 e. The highest BCUT2D eigenvalue weighted by Crippen LogP contribution is 2.24. The van der Waals surface area contributed by atoms with E-state index in [4.69, 9.17) is 17.3 Å². The van der Waals surface area contributed by atoms with Crippen molar-refractivity contribution in [2.24, 2.45) is 0 Å². The molecule has 0 aliphatic rings. The number of hydrogen-bond acceptors (Lipinski definition) is 3. The molecule has 0 aliphatic heterocycles. The Labute approximate surface area is 115 Å². The van der Waals surface area contributed by atoms with Gasteiger partial charge < -0.3 is 16.2 Å². The largest absolute Gasteiger partial charge is 0.507 e. The molecule has 0 aliphatic carbocycles. The van der Waals surface area contributed by atoms with Gasteiger partial charge in [-0.25, -0.2) is 0 Å². The fourth-order valence-electron chi connectivity index (χ4n) is 1.71. The Balaban J connectivity index is 2.25. The van der Waals surface area contributed by atoms with E-state index in [1.165, 1.54) is 12.1 Å². The number of anilines is 2.